The lowest BCUT2D eigenvalue weighted by Gasteiger charge is -2.09. The summed E-state index contributed by atoms with van der Waals surface area (Å²) in [5.41, 5.74) is 0. The minimum absolute atomic E-state index is 0.375. The molecule has 0 bridgehead atoms. The van der Waals surface area contributed by atoms with E-state index < -0.39 is 0 Å². The van der Waals surface area contributed by atoms with Gasteiger partial charge in [-0.25, -0.2) is 0 Å². The van der Waals surface area contributed by atoms with Crippen molar-refractivity contribution in [3.63, 3.8) is 0 Å². The molecule has 0 aliphatic carbocycles. The van der Waals surface area contributed by atoms with Crippen LogP contribution in [0.5, 0.6) is 0 Å². The van der Waals surface area contributed by atoms with Gasteiger partial charge in [-0.1, -0.05) is 0 Å². The van der Waals surface area contributed by atoms with Gasteiger partial charge in [0.1, 0.15) is 0 Å². The van der Waals surface area contributed by atoms with Crippen LogP contribution in [0.1, 0.15) is 27.7 Å². The van der Waals surface area contributed by atoms with Gasteiger partial charge in [0.2, 0.25) is 0 Å². The molecular formula is C7H17ClO. The van der Waals surface area contributed by atoms with Crippen LogP contribution in [0.25, 0.3) is 0 Å². The van der Waals surface area contributed by atoms with E-state index in [9.17, 15) is 0 Å². The molecule has 0 amide bonds. The Balaban J connectivity index is 0. The molecule has 0 saturated carbocycles. The quantitative estimate of drug-likeness (QED) is 0.553. The lowest BCUT2D eigenvalue weighted by atomic mass is 10.4. The maximum atomic E-state index is 5.25. The lowest BCUT2D eigenvalue weighted by Crippen LogP contribution is -2.09. The smallest absolute Gasteiger partial charge is 0.0522 e. The molecular weight excluding hydrogens is 136 g/mol. The largest absolute Gasteiger partial charge is 0.376 e. The third-order valence-corrected chi connectivity index (χ3v) is 0.544. The number of hydrogen-bond acceptors (Lipinski definition) is 1. The maximum Gasteiger partial charge on any atom is 0.0522 e. The fourth-order valence-corrected chi connectivity index (χ4v) is 0.544. The van der Waals surface area contributed by atoms with Gasteiger partial charge >= 0.3 is 0 Å². The number of halogens is 1. The van der Waals surface area contributed by atoms with Crippen LogP contribution in [0.15, 0.2) is 0 Å². The summed E-state index contributed by atoms with van der Waals surface area (Å²) in [6, 6.07) is 0. The Hall–Kier alpha value is 0.250. The molecule has 0 atom stereocenters. The Morgan fingerprint density at radius 3 is 1.11 bits per heavy atom. The lowest BCUT2D eigenvalue weighted by molar-refractivity contribution is 0.0300. The maximum absolute atomic E-state index is 5.25. The summed E-state index contributed by atoms with van der Waals surface area (Å²) < 4.78 is 5.25. The first kappa shape index (κ1) is 12.0. The van der Waals surface area contributed by atoms with E-state index in [0.29, 0.717) is 12.2 Å². The average molecular weight is 153 g/mol. The van der Waals surface area contributed by atoms with Crippen molar-refractivity contribution >= 4 is 11.6 Å². The van der Waals surface area contributed by atoms with Crippen LogP contribution < -0.4 is 0 Å². The first-order valence-corrected chi connectivity index (χ1v) is 3.91. The van der Waals surface area contributed by atoms with Crippen molar-refractivity contribution in [1.82, 2.24) is 0 Å². The van der Waals surface area contributed by atoms with E-state index in [1.54, 1.807) is 0 Å². The molecule has 0 rings (SSSR count). The highest BCUT2D eigenvalue weighted by Gasteiger charge is 1.94. The zero-order chi connectivity index (χ0) is 7.86. The first-order valence-electron chi connectivity index (χ1n) is 3.16. The molecule has 0 aromatic carbocycles. The summed E-state index contributed by atoms with van der Waals surface area (Å²) in [7, 11) is 0. The normalized spacial score (nSPS) is 9.33. The molecule has 0 aromatic rings. The summed E-state index contributed by atoms with van der Waals surface area (Å²) in [5.74, 6) is 0. The van der Waals surface area contributed by atoms with Gasteiger partial charge in [-0.15, -0.1) is 11.6 Å². The first-order chi connectivity index (χ1) is 4.13. The zero-order valence-electron chi connectivity index (χ0n) is 6.94. The monoisotopic (exact) mass is 152 g/mol. The van der Waals surface area contributed by atoms with Gasteiger partial charge in [-0.3, -0.25) is 0 Å². The SMILES string of the molecule is CC(C)OC(C)C.CCl. The van der Waals surface area contributed by atoms with Gasteiger partial charge < -0.3 is 4.74 Å². The van der Waals surface area contributed by atoms with E-state index >= 15 is 0 Å². The minimum Gasteiger partial charge on any atom is -0.376 e. The van der Waals surface area contributed by atoms with E-state index in [1.807, 2.05) is 27.7 Å². The van der Waals surface area contributed by atoms with E-state index in [1.165, 1.54) is 6.38 Å². The topological polar surface area (TPSA) is 9.23 Å². The summed E-state index contributed by atoms with van der Waals surface area (Å²) in [5, 5.41) is 0. The second-order valence-corrected chi connectivity index (χ2v) is 2.23. The predicted octanol–water partition coefficient (Wildman–Crippen LogP) is 2.67. The van der Waals surface area contributed by atoms with Gasteiger partial charge in [0, 0.05) is 6.38 Å². The minimum atomic E-state index is 0.375. The van der Waals surface area contributed by atoms with E-state index in [-0.39, 0.29) is 0 Å². The van der Waals surface area contributed by atoms with E-state index in [0.717, 1.165) is 0 Å². The van der Waals surface area contributed by atoms with Crippen molar-refractivity contribution in [2.24, 2.45) is 0 Å². The highest BCUT2D eigenvalue weighted by atomic mass is 35.5. The van der Waals surface area contributed by atoms with E-state index in [2.05, 4.69) is 11.6 Å². The summed E-state index contributed by atoms with van der Waals surface area (Å²) in [6.45, 7) is 8.17. The molecule has 0 unspecified atom stereocenters. The van der Waals surface area contributed by atoms with Gasteiger partial charge in [0.15, 0.2) is 0 Å². The van der Waals surface area contributed by atoms with Crippen molar-refractivity contribution < 1.29 is 4.74 Å². The molecule has 0 saturated heterocycles. The molecule has 0 aliphatic rings. The van der Waals surface area contributed by atoms with Gasteiger partial charge in [-0.2, -0.15) is 0 Å². The van der Waals surface area contributed by atoms with Crippen molar-refractivity contribution in [3.8, 4) is 0 Å². The van der Waals surface area contributed by atoms with Crippen LogP contribution >= 0.6 is 11.6 Å². The number of rotatable bonds is 2. The van der Waals surface area contributed by atoms with Crippen molar-refractivity contribution in [1.29, 1.82) is 0 Å². The molecule has 0 aromatic heterocycles. The van der Waals surface area contributed by atoms with Crippen LogP contribution in [0.2, 0.25) is 0 Å². The Labute approximate surface area is 63.4 Å². The highest BCUT2D eigenvalue weighted by Crippen LogP contribution is 1.93. The molecule has 0 heterocycles. The standard InChI is InChI=1S/C6H14O.CH3Cl/c1-5(2)7-6(3)4;1-2/h5-6H,1-4H3;1H3. The Bertz CT molecular complexity index is 38.2. The second-order valence-electron chi connectivity index (χ2n) is 2.23. The van der Waals surface area contributed by atoms with Crippen molar-refractivity contribution in [2.45, 2.75) is 39.9 Å². The van der Waals surface area contributed by atoms with E-state index in [4.69, 9.17) is 4.74 Å². The third-order valence-electron chi connectivity index (χ3n) is 0.544. The second kappa shape index (κ2) is 8.25. The van der Waals surface area contributed by atoms with Gasteiger partial charge in [0.25, 0.3) is 0 Å². The molecule has 58 valence electrons. The molecule has 2 heteroatoms. The number of ether oxygens (including phenoxy) is 1. The van der Waals surface area contributed by atoms with Gasteiger partial charge in [0.05, 0.1) is 12.2 Å². The molecule has 0 aliphatic heterocycles. The van der Waals surface area contributed by atoms with Crippen LogP contribution in [0, 0.1) is 0 Å². The summed E-state index contributed by atoms with van der Waals surface area (Å²) in [4.78, 5) is 0. The molecule has 0 spiro atoms. The Morgan fingerprint density at radius 2 is 1.11 bits per heavy atom. The summed E-state index contributed by atoms with van der Waals surface area (Å²) >= 11 is 4.64. The Kier molecular flexibility index (Phi) is 11.0. The van der Waals surface area contributed by atoms with Crippen LogP contribution in [0.3, 0.4) is 0 Å². The highest BCUT2D eigenvalue weighted by molar-refractivity contribution is 6.15. The average Bonchev–Trinajstić information content (AvgIpc) is 1.68. The molecule has 9 heavy (non-hydrogen) atoms. The fraction of sp³-hybridized carbons (Fsp3) is 1.00. The van der Waals surface area contributed by atoms with Crippen LogP contribution in [-0.2, 0) is 4.74 Å². The molecule has 0 N–H and O–H groups in total. The predicted molar refractivity (Wildman–Crippen MR) is 43.1 cm³/mol. The Morgan fingerprint density at radius 1 is 0.889 bits per heavy atom. The van der Waals surface area contributed by atoms with Crippen LogP contribution in [0.4, 0.5) is 0 Å². The molecule has 1 nitrogen and oxygen atoms in total. The third kappa shape index (κ3) is 17.8. The molecule has 0 radical (unpaired) electrons. The zero-order valence-corrected chi connectivity index (χ0v) is 7.70. The van der Waals surface area contributed by atoms with Crippen molar-refractivity contribution in [2.75, 3.05) is 6.38 Å². The number of hydrogen-bond donors (Lipinski definition) is 0. The summed E-state index contributed by atoms with van der Waals surface area (Å²) in [6.07, 6.45) is 2.22. The molecule has 0 fully saturated rings. The fourth-order valence-electron chi connectivity index (χ4n) is 0.544. The number of alkyl halides is 1. The van der Waals surface area contributed by atoms with Gasteiger partial charge in [-0.05, 0) is 27.7 Å². The van der Waals surface area contributed by atoms with Crippen molar-refractivity contribution in [3.05, 3.63) is 0 Å². The van der Waals surface area contributed by atoms with Crippen LogP contribution in [-0.4, -0.2) is 18.6 Å².